The third kappa shape index (κ3) is 4.36. The number of aromatic nitrogens is 3. The minimum absolute atomic E-state index is 0.134. The highest BCUT2D eigenvalue weighted by Gasteiger charge is 2.47. The number of nitrogens with zero attached hydrogens (tertiary/aromatic N) is 3. The summed E-state index contributed by atoms with van der Waals surface area (Å²) in [6.07, 6.45) is 6.68. The largest absolute Gasteiger partial charge is 0.389 e. The van der Waals surface area contributed by atoms with Crippen molar-refractivity contribution in [3.63, 3.8) is 0 Å². The van der Waals surface area contributed by atoms with Gasteiger partial charge in [0.2, 0.25) is 0 Å². The molecule has 8 heteroatoms. The average Bonchev–Trinajstić information content (AvgIpc) is 3.34. The number of carbonyl (C=O) groups excluding carboxylic acids is 1. The van der Waals surface area contributed by atoms with Crippen LogP contribution in [0.3, 0.4) is 0 Å². The fourth-order valence-electron chi connectivity index (χ4n) is 3.21. The fourth-order valence-corrected chi connectivity index (χ4v) is 3.32. The van der Waals surface area contributed by atoms with Crippen LogP contribution in [0.25, 0.3) is 0 Å². The van der Waals surface area contributed by atoms with Gasteiger partial charge >= 0.3 is 0 Å². The summed E-state index contributed by atoms with van der Waals surface area (Å²) >= 11 is 5.89. The number of amidine groups is 1. The molecule has 0 unspecified atom stereocenters. The highest BCUT2D eigenvalue weighted by molar-refractivity contribution is 6.29. The van der Waals surface area contributed by atoms with E-state index in [9.17, 15) is 9.90 Å². The van der Waals surface area contributed by atoms with Crippen molar-refractivity contribution in [2.75, 3.05) is 0 Å². The lowest BCUT2D eigenvalue weighted by molar-refractivity contribution is 0.0576. The van der Waals surface area contributed by atoms with Crippen molar-refractivity contribution < 1.29 is 9.90 Å². The summed E-state index contributed by atoms with van der Waals surface area (Å²) in [5, 5.41) is 25.7. The Balaban J connectivity index is 1.76. The molecule has 2 aromatic heterocycles. The highest BCUT2D eigenvalue weighted by Crippen LogP contribution is 2.47. The fraction of sp³-hybridized carbons (Fsp3) is 0.474. The lowest BCUT2D eigenvalue weighted by Gasteiger charge is -2.31. The second-order valence-electron chi connectivity index (χ2n) is 7.91. The van der Waals surface area contributed by atoms with Crippen LogP contribution in [0.4, 0.5) is 0 Å². The number of rotatable bonds is 6. The SMILES string of the molecule is CC(C)(O)Cn1cc(C(=O)NC(=N)[C@@](C)(c2ccc(Cl)nc2)C2CC2)cn1. The number of hydrogen-bond donors (Lipinski definition) is 3. The molecule has 1 fully saturated rings. The van der Waals surface area contributed by atoms with Crippen molar-refractivity contribution in [1.82, 2.24) is 20.1 Å². The van der Waals surface area contributed by atoms with E-state index in [4.69, 9.17) is 17.0 Å². The molecule has 0 spiro atoms. The van der Waals surface area contributed by atoms with Crippen molar-refractivity contribution in [3.8, 4) is 0 Å². The highest BCUT2D eigenvalue weighted by atomic mass is 35.5. The van der Waals surface area contributed by atoms with Gasteiger partial charge in [-0.2, -0.15) is 5.10 Å². The minimum atomic E-state index is -0.932. The second-order valence-corrected chi connectivity index (χ2v) is 8.30. The maximum absolute atomic E-state index is 12.6. The quantitative estimate of drug-likeness (QED) is 0.401. The Bertz CT molecular complexity index is 852. The van der Waals surface area contributed by atoms with E-state index in [1.807, 2.05) is 13.0 Å². The molecule has 144 valence electrons. The van der Waals surface area contributed by atoms with Crippen LogP contribution < -0.4 is 5.32 Å². The predicted molar refractivity (Wildman–Crippen MR) is 103 cm³/mol. The van der Waals surface area contributed by atoms with Crippen LogP contribution >= 0.6 is 11.6 Å². The van der Waals surface area contributed by atoms with Gasteiger partial charge in [-0.3, -0.25) is 14.9 Å². The third-order valence-corrected chi connectivity index (χ3v) is 5.15. The predicted octanol–water partition coefficient (Wildman–Crippen LogP) is 2.78. The maximum atomic E-state index is 12.6. The molecule has 7 nitrogen and oxygen atoms in total. The number of halogens is 1. The van der Waals surface area contributed by atoms with E-state index in [0.29, 0.717) is 10.7 Å². The van der Waals surface area contributed by atoms with E-state index in [1.54, 1.807) is 32.3 Å². The molecule has 0 bridgehead atoms. The number of carbonyl (C=O) groups is 1. The van der Waals surface area contributed by atoms with Crippen LogP contribution in [0.15, 0.2) is 30.7 Å². The Labute approximate surface area is 163 Å². The van der Waals surface area contributed by atoms with Crippen LogP contribution in [0.1, 0.15) is 49.5 Å². The Morgan fingerprint density at radius 2 is 2.07 bits per heavy atom. The van der Waals surface area contributed by atoms with Gasteiger partial charge in [-0.25, -0.2) is 4.98 Å². The van der Waals surface area contributed by atoms with E-state index in [0.717, 1.165) is 18.4 Å². The summed E-state index contributed by atoms with van der Waals surface area (Å²) in [4.78, 5) is 16.7. The van der Waals surface area contributed by atoms with Crippen molar-refractivity contribution >= 4 is 23.3 Å². The standard InChI is InChI=1S/C19H24ClN5O2/c1-18(2,27)11-25-10-12(8-23-25)16(26)24-17(21)19(3,13-4-5-13)14-6-7-15(20)22-9-14/h6-10,13,27H,4-5,11H2,1-3H3,(H2,21,24,26)/t19-/m1/s1. The van der Waals surface area contributed by atoms with E-state index in [1.165, 1.54) is 10.9 Å². The molecule has 1 aliphatic carbocycles. The zero-order valence-corrected chi connectivity index (χ0v) is 16.4. The average molecular weight is 390 g/mol. The molecule has 1 aliphatic rings. The van der Waals surface area contributed by atoms with Crippen molar-refractivity contribution in [2.45, 2.75) is 51.2 Å². The molecule has 2 heterocycles. The van der Waals surface area contributed by atoms with Gasteiger partial charge < -0.3 is 10.4 Å². The van der Waals surface area contributed by atoms with Crippen molar-refractivity contribution in [3.05, 3.63) is 47.0 Å². The van der Waals surface area contributed by atoms with Gasteiger partial charge in [0.1, 0.15) is 11.0 Å². The zero-order valence-electron chi connectivity index (χ0n) is 15.7. The normalized spacial score (nSPS) is 16.6. The monoisotopic (exact) mass is 389 g/mol. The summed E-state index contributed by atoms with van der Waals surface area (Å²) in [6.45, 7) is 5.57. The third-order valence-electron chi connectivity index (χ3n) is 4.92. The Kier molecular flexibility index (Phi) is 5.10. The maximum Gasteiger partial charge on any atom is 0.259 e. The first-order valence-electron chi connectivity index (χ1n) is 8.87. The molecular formula is C19H24ClN5O2. The molecular weight excluding hydrogens is 366 g/mol. The smallest absolute Gasteiger partial charge is 0.259 e. The number of nitrogens with one attached hydrogen (secondary N) is 2. The first kappa shape index (κ1) is 19.5. The molecule has 0 radical (unpaired) electrons. The summed E-state index contributed by atoms with van der Waals surface area (Å²) in [5.41, 5.74) is -0.358. The van der Waals surface area contributed by atoms with E-state index < -0.39 is 16.9 Å². The molecule has 0 aromatic carbocycles. The van der Waals surface area contributed by atoms with E-state index >= 15 is 0 Å². The molecule has 27 heavy (non-hydrogen) atoms. The topological polar surface area (TPSA) is 104 Å². The van der Waals surface area contributed by atoms with Crippen molar-refractivity contribution in [1.29, 1.82) is 5.41 Å². The van der Waals surface area contributed by atoms with Crippen LogP contribution in [0.5, 0.6) is 0 Å². The van der Waals surface area contributed by atoms with Gasteiger partial charge in [-0.15, -0.1) is 0 Å². The van der Waals surface area contributed by atoms with Gasteiger partial charge in [0.25, 0.3) is 5.91 Å². The van der Waals surface area contributed by atoms with Gasteiger partial charge in [0, 0.05) is 12.4 Å². The molecule has 3 N–H and O–H groups in total. The van der Waals surface area contributed by atoms with Gasteiger partial charge in [0.05, 0.1) is 29.3 Å². The van der Waals surface area contributed by atoms with E-state index in [2.05, 4.69) is 15.4 Å². The number of hydrogen-bond acceptors (Lipinski definition) is 5. The number of amides is 1. The summed E-state index contributed by atoms with van der Waals surface area (Å²) in [7, 11) is 0. The number of pyridine rings is 1. The summed E-state index contributed by atoms with van der Waals surface area (Å²) in [6, 6.07) is 3.56. The van der Waals surface area contributed by atoms with Crippen LogP contribution in [-0.2, 0) is 12.0 Å². The molecule has 1 amide bonds. The van der Waals surface area contributed by atoms with Crippen molar-refractivity contribution in [2.24, 2.45) is 5.92 Å². The Morgan fingerprint density at radius 3 is 2.63 bits per heavy atom. The first-order valence-corrected chi connectivity index (χ1v) is 9.24. The lowest BCUT2D eigenvalue weighted by atomic mass is 9.77. The van der Waals surface area contributed by atoms with E-state index in [-0.39, 0.29) is 18.3 Å². The Hall–Kier alpha value is -2.25. The van der Waals surface area contributed by atoms with Gasteiger partial charge in [-0.1, -0.05) is 17.7 Å². The molecule has 3 rings (SSSR count). The molecule has 2 aromatic rings. The van der Waals surface area contributed by atoms with Gasteiger partial charge in [0.15, 0.2) is 0 Å². The molecule has 1 saturated carbocycles. The summed E-state index contributed by atoms with van der Waals surface area (Å²) < 4.78 is 1.52. The van der Waals surface area contributed by atoms with Crippen LogP contribution in [0.2, 0.25) is 5.15 Å². The van der Waals surface area contributed by atoms with Crippen LogP contribution in [-0.4, -0.2) is 37.2 Å². The second kappa shape index (κ2) is 7.05. The van der Waals surface area contributed by atoms with Gasteiger partial charge in [-0.05, 0) is 51.2 Å². The first-order chi connectivity index (χ1) is 12.6. The molecule has 1 atom stereocenters. The molecule has 0 aliphatic heterocycles. The van der Waals surface area contributed by atoms with Crippen LogP contribution in [0, 0.1) is 11.3 Å². The number of aliphatic hydroxyl groups is 1. The minimum Gasteiger partial charge on any atom is -0.389 e. The lowest BCUT2D eigenvalue weighted by Crippen LogP contribution is -2.46. The molecule has 0 saturated heterocycles. The summed E-state index contributed by atoms with van der Waals surface area (Å²) in [5.74, 6) is 0.0244. The zero-order chi connectivity index (χ0) is 19.8. The Morgan fingerprint density at radius 1 is 1.37 bits per heavy atom.